The van der Waals surface area contributed by atoms with Crippen molar-refractivity contribution in [2.75, 3.05) is 0 Å². The molecule has 0 N–H and O–H groups in total. The van der Waals surface area contributed by atoms with Crippen LogP contribution in [0.3, 0.4) is 0 Å². The van der Waals surface area contributed by atoms with Gasteiger partial charge in [0.25, 0.3) is 0 Å². The van der Waals surface area contributed by atoms with Gasteiger partial charge in [-0.25, -0.2) is 0 Å². The van der Waals surface area contributed by atoms with E-state index in [1.165, 1.54) is 0 Å². The molecule has 92 valence electrons. The van der Waals surface area contributed by atoms with E-state index in [1.54, 1.807) is 0 Å². The first-order valence-electron chi connectivity index (χ1n) is 5.63. The summed E-state index contributed by atoms with van der Waals surface area (Å²) in [5.41, 5.74) is 1.12. The second-order valence-electron chi connectivity index (χ2n) is 5.99. The Balaban J connectivity index is 2.82. The Labute approximate surface area is 113 Å². The van der Waals surface area contributed by atoms with E-state index in [2.05, 4.69) is 56.5 Å². The van der Waals surface area contributed by atoms with Crippen LogP contribution in [-0.4, -0.2) is 20.2 Å². The zero-order chi connectivity index (χ0) is 12.7. The maximum atomic E-state index is 11.6. The van der Waals surface area contributed by atoms with Crippen LogP contribution in [0.15, 0.2) is 9.15 Å². The number of hydrogen-bond acceptors (Lipinski definition) is 2. The van der Waals surface area contributed by atoms with Gasteiger partial charge in [-0.1, -0.05) is 20.8 Å². The second-order valence-corrected chi connectivity index (χ2v) is 11.8. The molecule has 0 saturated heterocycles. The van der Waals surface area contributed by atoms with Gasteiger partial charge in [0.1, 0.15) is 0 Å². The molecule has 1 aliphatic rings. The van der Waals surface area contributed by atoms with E-state index >= 15 is 0 Å². The second kappa shape index (κ2) is 4.53. The van der Waals surface area contributed by atoms with Crippen molar-refractivity contribution in [3.8, 4) is 0 Å². The van der Waals surface area contributed by atoms with E-state index < -0.39 is 8.32 Å². The molecule has 1 aliphatic carbocycles. The highest BCUT2D eigenvalue weighted by Gasteiger charge is 2.41. The van der Waals surface area contributed by atoms with Crippen molar-refractivity contribution in [2.24, 2.45) is 0 Å². The van der Waals surface area contributed by atoms with E-state index in [-0.39, 0.29) is 16.9 Å². The van der Waals surface area contributed by atoms with Crippen LogP contribution in [0, 0.1) is 0 Å². The van der Waals surface area contributed by atoms with E-state index in [1.807, 2.05) is 6.92 Å². The fraction of sp³-hybridized carbons (Fsp3) is 0.750. The highest BCUT2D eigenvalue weighted by atomic mass is 127. The van der Waals surface area contributed by atoms with Crippen molar-refractivity contribution >= 4 is 36.7 Å². The zero-order valence-corrected chi connectivity index (χ0v) is 14.1. The maximum absolute atomic E-state index is 11.6. The molecule has 16 heavy (non-hydrogen) atoms. The Morgan fingerprint density at radius 2 is 1.88 bits per heavy atom. The van der Waals surface area contributed by atoms with E-state index in [4.69, 9.17) is 4.43 Å². The van der Waals surface area contributed by atoms with Gasteiger partial charge in [0.05, 0.1) is 9.68 Å². The molecule has 0 spiro atoms. The summed E-state index contributed by atoms with van der Waals surface area (Å²) in [6, 6.07) is 0. The number of rotatable bonds is 2. The van der Waals surface area contributed by atoms with Gasteiger partial charge in [0.2, 0.25) is 0 Å². The van der Waals surface area contributed by atoms with Crippen molar-refractivity contribution in [1.29, 1.82) is 0 Å². The molecule has 0 bridgehead atoms. The molecule has 0 saturated carbocycles. The Morgan fingerprint density at radius 1 is 1.38 bits per heavy atom. The minimum Gasteiger partial charge on any atom is -0.410 e. The maximum Gasteiger partial charge on any atom is 0.192 e. The molecule has 0 aromatic carbocycles. The van der Waals surface area contributed by atoms with Gasteiger partial charge in [-0.05, 0) is 53.2 Å². The minimum atomic E-state index is -1.76. The summed E-state index contributed by atoms with van der Waals surface area (Å²) in [5.74, 6) is 0.238. The van der Waals surface area contributed by atoms with Gasteiger partial charge in [0.15, 0.2) is 14.1 Å². The van der Waals surface area contributed by atoms with Crippen LogP contribution >= 0.6 is 22.6 Å². The molecule has 0 heterocycles. The lowest BCUT2D eigenvalue weighted by atomic mass is 10.2. The van der Waals surface area contributed by atoms with Crippen LogP contribution in [0.2, 0.25) is 18.1 Å². The van der Waals surface area contributed by atoms with Crippen molar-refractivity contribution in [2.45, 2.75) is 58.4 Å². The van der Waals surface area contributed by atoms with Crippen molar-refractivity contribution < 1.29 is 9.22 Å². The topological polar surface area (TPSA) is 26.3 Å². The number of carbonyl (C=O) groups is 1. The summed E-state index contributed by atoms with van der Waals surface area (Å²) in [5, 5.41) is 0.199. The lowest BCUT2D eigenvalue weighted by Gasteiger charge is -2.38. The van der Waals surface area contributed by atoms with E-state index in [0.29, 0.717) is 6.42 Å². The van der Waals surface area contributed by atoms with Gasteiger partial charge in [-0.2, -0.15) is 0 Å². The first-order chi connectivity index (χ1) is 7.06. The van der Waals surface area contributed by atoms with E-state index in [9.17, 15) is 4.79 Å². The first kappa shape index (κ1) is 14.4. The van der Waals surface area contributed by atoms with Gasteiger partial charge < -0.3 is 4.43 Å². The van der Waals surface area contributed by atoms with E-state index in [0.717, 1.165) is 9.15 Å². The molecule has 0 amide bonds. The van der Waals surface area contributed by atoms with Crippen LogP contribution in [-0.2, 0) is 9.22 Å². The zero-order valence-electron chi connectivity index (χ0n) is 11.0. The fourth-order valence-electron chi connectivity index (χ4n) is 1.43. The van der Waals surface area contributed by atoms with Crippen molar-refractivity contribution in [3.05, 3.63) is 9.15 Å². The molecule has 1 rings (SSSR count). The Kier molecular flexibility index (Phi) is 4.07. The Bertz CT molecular complexity index is 339. The van der Waals surface area contributed by atoms with Crippen LogP contribution in [0.4, 0.5) is 0 Å². The minimum absolute atomic E-state index is 0.0280. The molecule has 0 aromatic heterocycles. The number of ketones is 1. The molecule has 0 aromatic rings. The molecule has 2 nitrogen and oxygen atoms in total. The van der Waals surface area contributed by atoms with Crippen LogP contribution < -0.4 is 0 Å². The molecule has 0 fully saturated rings. The third-order valence-corrected chi connectivity index (χ3v) is 9.63. The molecule has 0 aliphatic heterocycles. The predicted octanol–water partition coefficient (Wildman–Crippen LogP) is 4.06. The quantitative estimate of drug-likeness (QED) is 0.553. The summed E-state index contributed by atoms with van der Waals surface area (Å²) >= 11 is 2.14. The van der Waals surface area contributed by atoms with Crippen LogP contribution in [0.5, 0.6) is 0 Å². The third-order valence-electron chi connectivity index (χ3n) is 3.69. The van der Waals surface area contributed by atoms with Crippen molar-refractivity contribution in [1.82, 2.24) is 0 Å². The van der Waals surface area contributed by atoms with Crippen LogP contribution in [0.25, 0.3) is 0 Å². The smallest absolute Gasteiger partial charge is 0.192 e. The third kappa shape index (κ3) is 2.76. The number of halogens is 1. The monoisotopic (exact) mass is 352 g/mol. The average Bonchev–Trinajstić information content (AvgIpc) is 2.31. The first-order valence-corrected chi connectivity index (χ1v) is 9.62. The molecule has 1 atom stereocenters. The molecular weight excluding hydrogens is 331 g/mol. The number of hydrogen-bond donors (Lipinski definition) is 0. The number of allylic oxidation sites excluding steroid dienone is 1. The molecule has 4 heteroatoms. The Hall–Kier alpha value is 0.317. The van der Waals surface area contributed by atoms with Gasteiger partial charge in [-0.3, -0.25) is 4.79 Å². The fourth-order valence-corrected chi connectivity index (χ4v) is 3.33. The molecule has 1 unspecified atom stereocenters. The summed E-state index contributed by atoms with van der Waals surface area (Å²) in [4.78, 5) is 11.6. The Morgan fingerprint density at radius 3 is 2.19 bits per heavy atom. The summed E-state index contributed by atoms with van der Waals surface area (Å²) < 4.78 is 7.15. The molecule has 0 radical (unpaired) electrons. The average molecular weight is 352 g/mol. The summed E-state index contributed by atoms with van der Waals surface area (Å²) in [6.07, 6.45) is 0.566. The van der Waals surface area contributed by atoms with Gasteiger partial charge in [-0.15, -0.1) is 0 Å². The van der Waals surface area contributed by atoms with Gasteiger partial charge >= 0.3 is 0 Å². The normalized spacial score (nSPS) is 23.2. The lowest BCUT2D eigenvalue weighted by Crippen LogP contribution is -2.43. The largest absolute Gasteiger partial charge is 0.410 e. The highest BCUT2D eigenvalue weighted by Crippen LogP contribution is 2.40. The lowest BCUT2D eigenvalue weighted by molar-refractivity contribution is -0.115. The SMILES string of the molecule is CC1=C(I)C(=O)CC1O[Si](C)(C)C(C)(C)C. The standard InChI is InChI=1S/C12H21IO2Si/c1-8-10(7-9(14)11(8)13)15-16(5,6)12(2,3)4/h10H,7H2,1-6H3. The van der Waals surface area contributed by atoms with Crippen LogP contribution in [0.1, 0.15) is 34.1 Å². The number of carbonyl (C=O) groups excluding carboxylic acids is 1. The highest BCUT2D eigenvalue weighted by molar-refractivity contribution is 14.1. The summed E-state index contributed by atoms with van der Waals surface area (Å²) in [6.45, 7) is 13.1. The predicted molar refractivity (Wildman–Crippen MR) is 78.4 cm³/mol. The van der Waals surface area contributed by atoms with Crippen molar-refractivity contribution in [3.63, 3.8) is 0 Å². The molecular formula is C12H21IO2Si. The summed E-state index contributed by atoms with van der Waals surface area (Å²) in [7, 11) is -1.76. The van der Waals surface area contributed by atoms with Gasteiger partial charge in [0, 0.05) is 6.42 Å². The number of Topliss-reactive ketones (excluding diaryl/α,β-unsaturated/α-hetero) is 1.